The Balaban J connectivity index is 1.58. The maximum Gasteiger partial charge on any atom is 0.307 e. The number of hydrogen-bond donors (Lipinski definition) is 3. The topological polar surface area (TPSA) is 95.5 Å². The Morgan fingerprint density at radius 2 is 1.61 bits per heavy atom. The Labute approximate surface area is 188 Å². The molecule has 1 aromatic heterocycles. The van der Waals surface area contributed by atoms with Crippen LogP contribution in [0.25, 0.3) is 0 Å². The quantitative estimate of drug-likeness (QED) is 0.607. The molecule has 0 bridgehead atoms. The molecule has 0 saturated heterocycles. The first-order valence-electron chi connectivity index (χ1n) is 11.9. The van der Waals surface area contributed by atoms with Crippen molar-refractivity contribution in [2.75, 3.05) is 5.32 Å². The van der Waals surface area contributed by atoms with Crippen LogP contribution >= 0.6 is 11.3 Å². The molecule has 0 radical (unpaired) electrons. The Hall–Kier alpha value is -1.89. The molecule has 3 N–H and O–H groups in total. The number of thiophene rings is 1. The second-order valence-corrected chi connectivity index (χ2v) is 10.8. The first kappa shape index (κ1) is 22.3. The second-order valence-electron chi connectivity index (χ2n) is 9.69. The standard InChI is InChI=1S/C24H34N2O4S/c1-14-11-12-18-19(13-14)31-23(20(18)22(28)25-15-7-3-2-4-8-15)26-21(27)16-9-5-6-10-17(16)24(29)30/h14-17H,2-13H2,1H3,(H,25,28)(H,26,27)(H,29,30)/t14-,16-,17-/m1/s1. The molecule has 3 aliphatic rings. The van der Waals surface area contributed by atoms with E-state index in [0.29, 0.717) is 29.3 Å². The summed E-state index contributed by atoms with van der Waals surface area (Å²) in [7, 11) is 0. The van der Waals surface area contributed by atoms with Crippen molar-refractivity contribution in [3.8, 4) is 0 Å². The summed E-state index contributed by atoms with van der Waals surface area (Å²) >= 11 is 1.52. The minimum atomic E-state index is -0.894. The number of carbonyl (C=O) groups excluding carboxylic acids is 2. The van der Waals surface area contributed by atoms with Gasteiger partial charge in [-0.1, -0.05) is 39.0 Å². The van der Waals surface area contributed by atoms with Gasteiger partial charge < -0.3 is 15.7 Å². The number of aliphatic carboxylic acids is 1. The minimum absolute atomic E-state index is 0.0762. The molecule has 7 heteroatoms. The van der Waals surface area contributed by atoms with Gasteiger partial charge in [-0.15, -0.1) is 11.3 Å². The van der Waals surface area contributed by atoms with Crippen molar-refractivity contribution in [3.05, 3.63) is 16.0 Å². The van der Waals surface area contributed by atoms with E-state index >= 15 is 0 Å². The number of nitrogens with one attached hydrogen (secondary N) is 2. The molecule has 1 heterocycles. The van der Waals surface area contributed by atoms with Gasteiger partial charge >= 0.3 is 5.97 Å². The fourth-order valence-corrected chi connectivity index (χ4v) is 6.94. The van der Waals surface area contributed by atoms with Gasteiger partial charge in [0.15, 0.2) is 0 Å². The largest absolute Gasteiger partial charge is 0.481 e. The van der Waals surface area contributed by atoms with Crippen molar-refractivity contribution in [2.24, 2.45) is 17.8 Å². The van der Waals surface area contributed by atoms with Crippen LogP contribution in [0.2, 0.25) is 0 Å². The molecule has 0 unspecified atom stereocenters. The van der Waals surface area contributed by atoms with E-state index in [1.807, 2.05) is 0 Å². The maximum absolute atomic E-state index is 13.3. The molecule has 1 aromatic rings. The van der Waals surface area contributed by atoms with Crippen LogP contribution in [0, 0.1) is 17.8 Å². The van der Waals surface area contributed by atoms with Crippen molar-refractivity contribution < 1.29 is 19.5 Å². The van der Waals surface area contributed by atoms with Gasteiger partial charge in [-0.05, 0) is 56.4 Å². The van der Waals surface area contributed by atoms with Crippen molar-refractivity contribution in [3.63, 3.8) is 0 Å². The molecule has 2 amide bonds. The van der Waals surface area contributed by atoms with E-state index in [2.05, 4.69) is 17.6 Å². The highest BCUT2D eigenvalue weighted by molar-refractivity contribution is 7.17. The van der Waals surface area contributed by atoms with E-state index in [-0.39, 0.29) is 17.9 Å². The molecule has 0 spiro atoms. The maximum atomic E-state index is 13.3. The summed E-state index contributed by atoms with van der Waals surface area (Å²) in [5.41, 5.74) is 1.72. The Morgan fingerprint density at radius 3 is 2.32 bits per heavy atom. The van der Waals surface area contributed by atoms with Gasteiger partial charge in [-0.3, -0.25) is 14.4 Å². The molecule has 6 nitrogen and oxygen atoms in total. The number of carboxylic acids is 1. The lowest BCUT2D eigenvalue weighted by molar-refractivity contribution is -0.147. The lowest BCUT2D eigenvalue weighted by Crippen LogP contribution is -2.38. The number of amides is 2. The number of hydrogen-bond acceptors (Lipinski definition) is 4. The van der Waals surface area contributed by atoms with Crippen LogP contribution < -0.4 is 10.6 Å². The van der Waals surface area contributed by atoms with Gasteiger partial charge in [0.1, 0.15) is 5.00 Å². The zero-order valence-corrected chi connectivity index (χ0v) is 19.2. The van der Waals surface area contributed by atoms with Gasteiger partial charge in [-0.25, -0.2) is 0 Å². The van der Waals surface area contributed by atoms with Gasteiger partial charge in [-0.2, -0.15) is 0 Å². The van der Waals surface area contributed by atoms with Crippen molar-refractivity contribution in [2.45, 2.75) is 90.0 Å². The van der Waals surface area contributed by atoms with Crippen LogP contribution in [0.5, 0.6) is 0 Å². The fraction of sp³-hybridized carbons (Fsp3) is 0.708. The van der Waals surface area contributed by atoms with E-state index in [9.17, 15) is 19.5 Å². The zero-order chi connectivity index (χ0) is 22.0. The SMILES string of the molecule is C[C@@H]1CCc2c(sc(NC(=O)[C@@H]3CCCC[C@H]3C(=O)O)c2C(=O)NC2CCCCC2)C1. The second kappa shape index (κ2) is 9.72. The van der Waals surface area contributed by atoms with Crippen molar-refractivity contribution in [1.29, 1.82) is 0 Å². The molecule has 170 valence electrons. The number of rotatable bonds is 5. The van der Waals surface area contributed by atoms with Crippen molar-refractivity contribution in [1.82, 2.24) is 5.32 Å². The molecule has 31 heavy (non-hydrogen) atoms. The summed E-state index contributed by atoms with van der Waals surface area (Å²) in [5.74, 6) is -1.81. The summed E-state index contributed by atoms with van der Waals surface area (Å²) in [6.07, 6.45) is 11.2. The molecule has 3 aliphatic carbocycles. The fourth-order valence-electron chi connectivity index (χ4n) is 5.53. The van der Waals surface area contributed by atoms with Crippen LogP contribution in [0.4, 0.5) is 5.00 Å². The van der Waals surface area contributed by atoms with E-state index in [1.165, 1.54) is 22.6 Å². The molecule has 2 saturated carbocycles. The third-order valence-electron chi connectivity index (χ3n) is 7.34. The monoisotopic (exact) mass is 446 g/mol. The molecule has 0 aromatic carbocycles. The van der Waals surface area contributed by atoms with Gasteiger partial charge in [0.2, 0.25) is 5.91 Å². The van der Waals surface area contributed by atoms with Crippen LogP contribution in [0.15, 0.2) is 0 Å². The summed E-state index contributed by atoms with van der Waals surface area (Å²) in [6, 6.07) is 0.206. The third-order valence-corrected chi connectivity index (χ3v) is 8.51. The van der Waals surface area contributed by atoms with Gasteiger partial charge in [0, 0.05) is 10.9 Å². The zero-order valence-electron chi connectivity index (χ0n) is 18.4. The number of carboxylic acid groups (broad SMARTS) is 1. The molecular weight excluding hydrogens is 412 g/mol. The predicted molar refractivity (Wildman–Crippen MR) is 122 cm³/mol. The van der Waals surface area contributed by atoms with Gasteiger partial charge in [0.05, 0.1) is 17.4 Å². The Bertz CT molecular complexity index is 843. The molecule has 0 aliphatic heterocycles. The highest BCUT2D eigenvalue weighted by Gasteiger charge is 2.37. The van der Waals surface area contributed by atoms with E-state index in [0.717, 1.165) is 63.4 Å². The van der Waals surface area contributed by atoms with Crippen molar-refractivity contribution >= 4 is 34.1 Å². The van der Waals surface area contributed by atoms with Gasteiger partial charge in [0.25, 0.3) is 5.91 Å². The van der Waals surface area contributed by atoms with Crippen LogP contribution in [0.1, 0.15) is 91.9 Å². The average Bonchev–Trinajstić information content (AvgIpc) is 3.11. The summed E-state index contributed by atoms with van der Waals surface area (Å²) in [6.45, 7) is 2.22. The predicted octanol–water partition coefficient (Wildman–Crippen LogP) is 4.76. The molecule has 4 rings (SSSR count). The number of fused-ring (bicyclic) bond motifs is 1. The van der Waals surface area contributed by atoms with E-state index in [1.54, 1.807) is 0 Å². The molecule has 2 fully saturated rings. The average molecular weight is 447 g/mol. The normalized spacial score (nSPS) is 26.7. The first-order chi connectivity index (χ1) is 14.9. The summed E-state index contributed by atoms with van der Waals surface area (Å²) in [5, 5.41) is 16.4. The third kappa shape index (κ3) is 4.97. The highest BCUT2D eigenvalue weighted by atomic mass is 32.1. The first-order valence-corrected chi connectivity index (χ1v) is 12.7. The van der Waals surface area contributed by atoms with Crippen LogP contribution in [0.3, 0.4) is 0 Å². The van der Waals surface area contributed by atoms with E-state index < -0.39 is 17.8 Å². The summed E-state index contributed by atoms with van der Waals surface area (Å²) in [4.78, 5) is 39.3. The highest BCUT2D eigenvalue weighted by Crippen LogP contribution is 2.41. The minimum Gasteiger partial charge on any atom is -0.481 e. The van der Waals surface area contributed by atoms with Crippen LogP contribution in [-0.2, 0) is 22.4 Å². The lowest BCUT2D eigenvalue weighted by Gasteiger charge is -2.27. The lowest BCUT2D eigenvalue weighted by atomic mass is 9.78. The molecular formula is C24H34N2O4S. The Morgan fingerprint density at radius 1 is 0.935 bits per heavy atom. The molecule has 3 atom stereocenters. The number of anilines is 1. The van der Waals surface area contributed by atoms with E-state index in [4.69, 9.17) is 0 Å². The Kier molecular flexibility index (Phi) is 6.99. The smallest absolute Gasteiger partial charge is 0.307 e. The van der Waals surface area contributed by atoms with Crippen LogP contribution in [-0.4, -0.2) is 28.9 Å². The summed E-state index contributed by atoms with van der Waals surface area (Å²) < 4.78 is 0. The number of carbonyl (C=O) groups is 3.